The van der Waals surface area contributed by atoms with Crippen molar-refractivity contribution >= 4 is 17.5 Å². The van der Waals surface area contributed by atoms with Gasteiger partial charge < -0.3 is 10.1 Å². The van der Waals surface area contributed by atoms with E-state index >= 15 is 0 Å². The van der Waals surface area contributed by atoms with Crippen LogP contribution in [0.2, 0.25) is 0 Å². The molecule has 3 aromatic rings. The summed E-state index contributed by atoms with van der Waals surface area (Å²) in [6.45, 7) is 6.99. The normalized spacial score (nSPS) is 19.6. The summed E-state index contributed by atoms with van der Waals surface area (Å²) < 4.78 is 6.05. The third-order valence-electron chi connectivity index (χ3n) is 6.77. The third-order valence-corrected chi connectivity index (χ3v) is 6.77. The predicted molar refractivity (Wildman–Crippen MR) is 141 cm³/mol. The van der Waals surface area contributed by atoms with E-state index in [9.17, 15) is 9.59 Å². The summed E-state index contributed by atoms with van der Waals surface area (Å²) in [7, 11) is 0. The number of amides is 2. The molecule has 2 unspecified atom stereocenters. The first-order valence-electron chi connectivity index (χ1n) is 12.5. The van der Waals surface area contributed by atoms with Crippen molar-refractivity contribution in [1.82, 2.24) is 10.2 Å². The topological polar surface area (TPSA) is 61.9 Å². The van der Waals surface area contributed by atoms with Crippen LogP contribution in [0.1, 0.15) is 43.5 Å². The molecule has 1 N–H and O–H groups in total. The largest absolute Gasteiger partial charge is 0.489 e. The Morgan fingerprint density at radius 3 is 2.33 bits per heavy atom. The van der Waals surface area contributed by atoms with Gasteiger partial charge in [-0.05, 0) is 56.0 Å². The molecule has 2 atom stereocenters. The molecule has 0 bridgehead atoms. The molecule has 2 aliphatic heterocycles. The average Bonchev–Trinajstić information content (AvgIpc) is 2.87. The van der Waals surface area contributed by atoms with Crippen LogP contribution in [0.5, 0.6) is 5.75 Å². The van der Waals surface area contributed by atoms with Gasteiger partial charge in [0.05, 0.1) is 24.3 Å². The Labute approximate surface area is 212 Å². The van der Waals surface area contributed by atoms with Crippen molar-refractivity contribution < 1.29 is 14.3 Å². The van der Waals surface area contributed by atoms with Gasteiger partial charge in [-0.25, -0.2) is 0 Å². The molecule has 0 saturated heterocycles. The first kappa shape index (κ1) is 24.1. The van der Waals surface area contributed by atoms with Crippen LogP contribution in [0.15, 0.2) is 78.9 Å². The first-order valence-corrected chi connectivity index (χ1v) is 12.5. The molecule has 0 saturated carbocycles. The third kappa shape index (κ3) is 5.00. The Morgan fingerprint density at radius 1 is 0.917 bits per heavy atom. The van der Waals surface area contributed by atoms with Gasteiger partial charge in [0.2, 0.25) is 11.8 Å². The molecule has 2 amide bonds. The maximum Gasteiger partial charge on any atom is 0.242 e. The fourth-order valence-electron chi connectivity index (χ4n) is 5.12. The molecule has 2 heterocycles. The zero-order valence-corrected chi connectivity index (χ0v) is 21.1. The zero-order valence-electron chi connectivity index (χ0n) is 21.1. The molecule has 0 spiro atoms. The van der Waals surface area contributed by atoms with Crippen molar-refractivity contribution in [2.75, 3.05) is 18.1 Å². The number of hydrogen-bond acceptors (Lipinski definition) is 4. The molecule has 0 radical (unpaired) electrons. The van der Waals surface area contributed by atoms with Crippen molar-refractivity contribution in [3.63, 3.8) is 0 Å². The quantitative estimate of drug-likeness (QED) is 0.594. The molecule has 6 nitrogen and oxygen atoms in total. The van der Waals surface area contributed by atoms with Crippen LogP contribution in [-0.2, 0) is 22.6 Å². The van der Waals surface area contributed by atoms with Gasteiger partial charge in [-0.15, -0.1) is 0 Å². The number of anilines is 1. The summed E-state index contributed by atoms with van der Waals surface area (Å²) >= 11 is 0. The summed E-state index contributed by atoms with van der Waals surface area (Å²) in [6.07, 6.45) is 0.577. The smallest absolute Gasteiger partial charge is 0.242 e. The lowest BCUT2D eigenvalue weighted by Crippen LogP contribution is -2.57. The highest BCUT2D eigenvalue weighted by molar-refractivity contribution is 5.98. The van der Waals surface area contributed by atoms with Crippen molar-refractivity contribution in [2.24, 2.45) is 0 Å². The van der Waals surface area contributed by atoms with E-state index in [1.165, 1.54) is 0 Å². The monoisotopic (exact) mass is 483 g/mol. The molecule has 3 aromatic carbocycles. The van der Waals surface area contributed by atoms with Gasteiger partial charge in [0.25, 0.3) is 0 Å². The standard InChI is InChI=1S/C30H33N3O3/c1-30(2,3)31-29(35)25-17-22-13-7-8-14-23(22)18-32(25)19-28(34)33-24-15-9-10-16-27(24)36-20-26(33)21-11-5-4-6-12-21/h4-16,25-26H,17-20H2,1-3H3,(H,31,35). The molecule has 0 aromatic heterocycles. The molecule has 36 heavy (non-hydrogen) atoms. The van der Waals surface area contributed by atoms with E-state index in [1.807, 2.05) is 97.3 Å². The van der Waals surface area contributed by atoms with E-state index in [0.29, 0.717) is 25.3 Å². The highest BCUT2D eigenvalue weighted by Gasteiger charge is 2.38. The second-order valence-corrected chi connectivity index (χ2v) is 10.6. The predicted octanol–water partition coefficient (Wildman–Crippen LogP) is 4.49. The van der Waals surface area contributed by atoms with Crippen molar-refractivity contribution in [3.05, 3.63) is 95.6 Å². The minimum absolute atomic E-state index is 0.0486. The van der Waals surface area contributed by atoms with Crippen LogP contribution < -0.4 is 15.0 Å². The minimum Gasteiger partial charge on any atom is -0.489 e. The van der Waals surface area contributed by atoms with Gasteiger partial charge in [0.1, 0.15) is 12.4 Å². The Balaban J connectivity index is 1.47. The molecule has 0 aliphatic carbocycles. The number of carbonyl (C=O) groups excluding carboxylic acids is 2. The number of carbonyl (C=O) groups is 2. The number of rotatable bonds is 4. The summed E-state index contributed by atoms with van der Waals surface area (Å²) in [5.74, 6) is 0.600. The number of nitrogens with zero attached hydrogens (tertiary/aromatic N) is 2. The molecule has 6 heteroatoms. The lowest BCUT2D eigenvalue weighted by atomic mass is 9.92. The van der Waals surface area contributed by atoms with Gasteiger partial charge >= 0.3 is 0 Å². The zero-order chi connectivity index (χ0) is 25.3. The van der Waals surface area contributed by atoms with Crippen LogP contribution in [0.25, 0.3) is 0 Å². The second kappa shape index (κ2) is 9.78. The number of fused-ring (bicyclic) bond motifs is 2. The maximum atomic E-state index is 14.1. The summed E-state index contributed by atoms with van der Waals surface area (Å²) in [6, 6.07) is 25.2. The SMILES string of the molecule is CC(C)(C)NC(=O)C1Cc2ccccc2CN1CC(=O)N1c2ccccc2OCC1c1ccccc1. The van der Waals surface area contributed by atoms with Gasteiger partial charge in [0, 0.05) is 12.1 Å². The Hall–Kier alpha value is -3.64. The van der Waals surface area contributed by atoms with E-state index in [-0.39, 0.29) is 29.9 Å². The Bertz CT molecular complexity index is 1250. The molecule has 2 aliphatic rings. The maximum absolute atomic E-state index is 14.1. The van der Waals surface area contributed by atoms with Gasteiger partial charge in [0.15, 0.2) is 0 Å². The van der Waals surface area contributed by atoms with Crippen LogP contribution >= 0.6 is 0 Å². The number of nitrogens with one attached hydrogen (secondary N) is 1. The average molecular weight is 484 g/mol. The molecule has 186 valence electrons. The van der Waals surface area contributed by atoms with Crippen molar-refractivity contribution in [2.45, 2.75) is 51.4 Å². The number of para-hydroxylation sites is 2. The van der Waals surface area contributed by atoms with Crippen LogP contribution in [0.3, 0.4) is 0 Å². The van der Waals surface area contributed by atoms with Crippen LogP contribution in [-0.4, -0.2) is 41.4 Å². The molecule has 5 rings (SSSR count). The van der Waals surface area contributed by atoms with Crippen LogP contribution in [0.4, 0.5) is 5.69 Å². The highest BCUT2D eigenvalue weighted by Crippen LogP contribution is 2.39. The molecular weight excluding hydrogens is 450 g/mol. The minimum atomic E-state index is -0.422. The van der Waals surface area contributed by atoms with E-state index < -0.39 is 6.04 Å². The number of hydrogen-bond donors (Lipinski definition) is 1. The fourth-order valence-corrected chi connectivity index (χ4v) is 5.12. The lowest BCUT2D eigenvalue weighted by Gasteiger charge is -2.41. The molecular formula is C30H33N3O3. The van der Waals surface area contributed by atoms with E-state index in [2.05, 4.69) is 17.4 Å². The van der Waals surface area contributed by atoms with E-state index in [0.717, 1.165) is 22.4 Å². The number of benzene rings is 3. The summed E-state index contributed by atoms with van der Waals surface area (Å²) in [4.78, 5) is 31.3. The van der Waals surface area contributed by atoms with Crippen LogP contribution in [0, 0.1) is 0 Å². The van der Waals surface area contributed by atoms with Crippen molar-refractivity contribution in [3.8, 4) is 5.75 Å². The Morgan fingerprint density at radius 2 is 1.58 bits per heavy atom. The lowest BCUT2D eigenvalue weighted by molar-refractivity contribution is -0.130. The van der Waals surface area contributed by atoms with Gasteiger partial charge in [-0.2, -0.15) is 0 Å². The van der Waals surface area contributed by atoms with Crippen molar-refractivity contribution in [1.29, 1.82) is 0 Å². The first-order chi connectivity index (χ1) is 17.3. The summed E-state index contributed by atoms with van der Waals surface area (Å²) in [5, 5.41) is 3.13. The van der Waals surface area contributed by atoms with Gasteiger partial charge in [-0.1, -0.05) is 66.7 Å². The van der Waals surface area contributed by atoms with E-state index in [4.69, 9.17) is 4.74 Å². The Kier molecular flexibility index (Phi) is 6.54. The fraction of sp³-hybridized carbons (Fsp3) is 0.333. The highest BCUT2D eigenvalue weighted by atomic mass is 16.5. The van der Waals surface area contributed by atoms with E-state index in [1.54, 1.807) is 0 Å². The summed E-state index contributed by atoms with van der Waals surface area (Å²) in [5.41, 5.74) is 3.74. The number of ether oxygens (including phenoxy) is 1. The second-order valence-electron chi connectivity index (χ2n) is 10.6. The van der Waals surface area contributed by atoms with Gasteiger partial charge in [-0.3, -0.25) is 19.4 Å². The molecule has 0 fully saturated rings.